The minimum atomic E-state index is -0.205. The summed E-state index contributed by atoms with van der Waals surface area (Å²) in [4.78, 5) is 12.1. The molecule has 1 aliphatic rings. The highest BCUT2D eigenvalue weighted by Crippen LogP contribution is 2.23. The summed E-state index contributed by atoms with van der Waals surface area (Å²) in [5, 5.41) is 5.81. The van der Waals surface area contributed by atoms with Crippen molar-refractivity contribution in [3.8, 4) is 11.5 Å². The van der Waals surface area contributed by atoms with Crippen LogP contribution in [0.25, 0.3) is 0 Å². The lowest BCUT2D eigenvalue weighted by Crippen LogP contribution is -2.47. The van der Waals surface area contributed by atoms with Crippen molar-refractivity contribution in [2.24, 2.45) is 0 Å². The van der Waals surface area contributed by atoms with Crippen LogP contribution in [0.1, 0.15) is 11.1 Å². The molecule has 5 nitrogen and oxygen atoms in total. The molecule has 0 bridgehead atoms. The highest BCUT2D eigenvalue weighted by atomic mass is 16.5. The van der Waals surface area contributed by atoms with E-state index in [9.17, 15) is 4.79 Å². The van der Waals surface area contributed by atoms with Gasteiger partial charge in [0.15, 0.2) is 0 Å². The Balaban J connectivity index is 1.52. The van der Waals surface area contributed by atoms with Crippen LogP contribution in [0, 0.1) is 0 Å². The van der Waals surface area contributed by atoms with Gasteiger partial charge in [0, 0.05) is 12.1 Å². The first-order valence-corrected chi connectivity index (χ1v) is 7.63. The molecule has 5 heteroatoms. The normalized spacial score (nSPS) is 16.0. The number of nitrogens with one attached hydrogen (secondary N) is 2. The summed E-state index contributed by atoms with van der Waals surface area (Å²) in [6.45, 7) is 0.902. The third-order valence-corrected chi connectivity index (χ3v) is 3.85. The van der Waals surface area contributed by atoms with E-state index in [2.05, 4.69) is 10.6 Å². The van der Waals surface area contributed by atoms with Crippen LogP contribution < -0.4 is 20.1 Å². The van der Waals surface area contributed by atoms with Crippen molar-refractivity contribution >= 4 is 6.03 Å². The van der Waals surface area contributed by atoms with E-state index in [0.29, 0.717) is 13.2 Å². The summed E-state index contributed by atoms with van der Waals surface area (Å²) in [6.07, 6.45) is 0.776. The van der Waals surface area contributed by atoms with Crippen LogP contribution in [0.4, 0.5) is 4.79 Å². The van der Waals surface area contributed by atoms with E-state index in [4.69, 9.17) is 9.47 Å². The average molecular weight is 312 g/mol. The highest BCUT2D eigenvalue weighted by molar-refractivity contribution is 5.74. The molecule has 23 heavy (non-hydrogen) atoms. The fourth-order valence-electron chi connectivity index (χ4n) is 2.68. The van der Waals surface area contributed by atoms with Gasteiger partial charge in [0.25, 0.3) is 0 Å². The summed E-state index contributed by atoms with van der Waals surface area (Å²) in [5.41, 5.74) is 2.06. The van der Waals surface area contributed by atoms with E-state index in [0.717, 1.165) is 29.0 Å². The van der Waals surface area contributed by atoms with Crippen LogP contribution >= 0.6 is 0 Å². The van der Waals surface area contributed by atoms with Gasteiger partial charge >= 0.3 is 6.03 Å². The summed E-state index contributed by atoms with van der Waals surface area (Å²) < 4.78 is 10.9. The predicted octanol–water partition coefficient (Wildman–Crippen LogP) is 2.50. The maximum absolute atomic E-state index is 12.1. The van der Waals surface area contributed by atoms with Crippen LogP contribution in [0.2, 0.25) is 0 Å². The van der Waals surface area contributed by atoms with Gasteiger partial charge in [-0.3, -0.25) is 0 Å². The number of amides is 2. The number of carbonyl (C=O) groups excluding carboxylic acids is 1. The summed E-state index contributed by atoms with van der Waals surface area (Å²) in [5.74, 6) is 1.67. The minimum Gasteiger partial charge on any atom is -0.496 e. The topological polar surface area (TPSA) is 59.6 Å². The second-order valence-electron chi connectivity index (χ2n) is 5.46. The molecule has 0 radical (unpaired) electrons. The molecule has 1 atom stereocenters. The highest BCUT2D eigenvalue weighted by Gasteiger charge is 2.20. The molecule has 1 aliphatic heterocycles. The summed E-state index contributed by atoms with van der Waals surface area (Å²) in [7, 11) is 1.62. The number of para-hydroxylation sites is 2. The Labute approximate surface area is 135 Å². The number of ether oxygens (including phenoxy) is 2. The van der Waals surface area contributed by atoms with Crippen LogP contribution in [-0.4, -0.2) is 25.8 Å². The first-order chi connectivity index (χ1) is 11.3. The standard InChI is InChI=1S/C18H20N2O3/c1-22-16-8-4-3-7-14(16)11-19-18(21)20-15-10-13-6-2-5-9-17(13)23-12-15/h2-9,15H,10-12H2,1H3,(H2,19,20,21)/t15-/m0/s1. The molecule has 0 fully saturated rings. The SMILES string of the molecule is COc1ccccc1CNC(=O)N[C@@H]1COc2ccccc2C1. The first kappa shape index (κ1) is 15.2. The van der Waals surface area contributed by atoms with Gasteiger partial charge in [0.2, 0.25) is 0 Å². The minimum absolute atomic E-state index is 0.0254. The molecule has 0 saturated carbocycles. The second-order valence-corrected chi connectivity index (χ2v) is 5.46. The number of urea groups is 1. The van der Waals surface area contributed by atoms with Crippen molar-refractivity contribution in [1.82, 2.24) is 10.6 Å². The van der Waals surface area contributed by atoms with Crippen molar-refractivity contribution < 1.29 is 14.3 Å². The monoisotopic (exact) mass is 312 g/mol. The van der Waals surface area contributed by atoms with E-state index in [1.165, 1.54) is 0 Å². The summed E-state index contributed by atoms with van der Waals surface area (Å²) >= 11 is 0. The summed E-state index contributed by atoms with van der Waals surface area (Å²) in [6, 6.07) is 15.3. The molecule has 0 saturated heterocycles. The Morgan fingerprint density at radius 1 is 1.22 bits per heavy atom. The molecule has 3 rings (SSSR count). The molecule has 2 amide bonds. The van der Waals surface area contributed by atoms with Crippen LogP contribution in [-0.2, 0) is 13.0 Å². The lowest BCUT2D eigenvalue weighted by Gasteiger charge is -2.26. The Morgan fingerprint density at radius 3 is 2.87 bits per heavy atom. The van der Waals surface area contributed by atoms with Crippen molar-refractivity contribution in [3.63, 3.8) is 0 Å². The van der Waals surface area contributed by atoms with Crippen molar-refractivity contribution in [2.75, 3.05) is 13.7 Å². The van der Waals surface area contributed by atoms with Gasteiger partial charge in [-0.1, -0.05) is 36.4 Å². The fourth-order valence-corrected chi connectivity index (χ4v) is 2.68. The van der Waals surface area contributed by atoms with E-state index in [-0.39, 0.29) is 12.1 Å². The number of hydrogen-bond donors (Lipinski definition) is 2. The number of fused-ring (bicyclic) bond motifs is 1. The Hall–Kier alpha value is -2.69. The van der Waals surface area contributed by atoms with Crippen LogP contribution in [0.5, 0.6) is 11.5 Å². The van der Waals surface area contributed by atoms with Gasteiger partial charge < -0.3 is 20.1 Å². The zero-order valence-electron chi connectivity index (χ0n) is 13.0. The molecule has 0 unspecified atom stereocenters. The predicted molar refractivity (Wildman–Crippen MR) is 87.8 cm³/mol. The molecule has 2 N–H and O–H groups in total. The van der Waals surface area contributed by atoms with Crippen LogP contribution in [0.15, 0.2) is 48.5 Å². The Kier molecular flexibility index (Phi) is 4.66. The smallest absolute Gasteiger partial charge is 0.315 e. The first-order valence-electron chi connectivity index (χ1n) is 7.63. The van der Waals surface area contributed by atoms with Crippen molar-refractivity contribution in [1.29, 1.82) is 0 Å². The Morgan fingerprint density at radius 2 is 2.00 bits per heavy atom. The molecular weight excluding hydrogens is 292 g/mol. The number of hydrogen-bond acceptors (Lipinski definition) is 3. The molecule has 0 aromatic heterocycles. The molecular formula is C18H20N2O3. The van der Waals surface area contributed by atoms with E-state index >= 15 is 0 Å². The number of benzene rings is 2. The molecule has 2 aromatic rings. The van der Waals surface area contributed by atoms with E-state index in [1.54, 1.807) is 7.11 Å². The maximum Gasteiger partial charge on any atom is 0.315 e. The third kappa shape index (κ3) is 3.74. The van der Waals surface area contributed by atoms with Gasteiger partial charge in [-0.2, -0.15) is 0 Å². The molecule has 0 aliphatic carbocycles. The molecule has 2 aromatic carbocycles. The van der Waals surface area contributed by atoms with E-state index < -0.39 is 0 Å². The number of methoxy groups -OCH3 is 1. The quantitative estimate of drug-likeness (QED) is 0.912. The lowest BCUT2D eigenvalue weighted by atomic mass is 10.0. The maximum atomic E-state index is 12.1. The average Bonchev–Trinajstić information content (AvgIpc) is 2.60. The van der Waals surface area contributed by atoms with Crippen molar-refractivity contribution in [3.05, 3.63) is 59.7 Å². The van der Waals surface area contributed by atoms with Gasteiger partial charge in [-0.15, -0.1) is 0 Å². The zero-order valence-corrected chi connectivity index (χ0v) is 13.0. The van der Waals surface area contributed by atoms with Gasteiger partial charge in [-0.25, -0.2) is 4.79 Å². The molecule has 0 spiro atoms. The van der Waals surface area contributed by atoms with Crippen molar-refractivity contribution in [2.45, 2.75) is 19.0 Å². The number of rotatable bonds is 4. The Bertz CT molecular complexity index is 687. The lowest BCUT2D eigenvalue weighted by molar-refractivity contribution is 0.214. The molecule has 1 heterocycles. The molecule has 120 valence electrons. The largest absolute Gasteiger partial charge is 0.496 e. The number of carbonyl (C=O) groups is 1. The van der Waals surface area contributed by atoms with Gasteiger partial charge in [0.1, 0.15) is 18.1 Å². The van der Waals surface area contributed by atoms with Gasteiger partial charge in [-0.05, 0) is 24.1 Å². The van der Waals surface area contributed by atoms with E-state index in [1.807, 2.05) is 48.5 Å². The second kappa shape index (κ2) is 7.05. The zero-order chi connectivity index (χ0) is 16.1. The van der Waals surface area contributed by atoms with Crippen LogP contribution in [0.3, 0.4) is 0 Å². The van der Waals surface area contributed by atoms with Gasteiger partial charge in [0.05, 0.1) is 13.2 Å². The fraction of sp³-hybridized carbons (Fsp3) is 0.278. The third-order valence-electron chi connectivity index (χ3n) is 3.85.